The monoisotopic (exact) mass is 348 g/mol. The van der Waals surface area contributed by atoms with Crippen molar-refractivity contribution in [3.63, 3.8) is 0 Å². The van der Waals surface area contributed by atoms with E-state index in [1.54, 1.807) is 7.11 Å². The minimum absolute atomic E-state index is 0. The Morgan fingerprint density at radius 1 is 1.47 bits per heavy atom. The molecule has 0 aliphatic carbocycles. The van der Waals surface area contributed by atoms with Crippen LogP contribution >= 0.6 is 28.3 Å². The molecule has 1 fully saturated rings. The molecule has 0 amide bonds. The standard InChI is InChI=1S/C14H21BrN2O.ClH/c1-10-8-17(6-5-14(10)16)9-11-7-12(18-2)3-4-13(11)15;/h3-4,7,10,14H,5-6,8-9,16H2,1-2H3;1H. The Labute approximate surface area is 130 Å². The predicted octanol–water partition coefficient (Wildman–Crippen LogP) is 3.05. The molecular formula is C14H22BrClN2O. The maximum Gasteiger partial charge on any atom is 0.119 e. The molecule has 0 bridgehead atoms. The van der Waals surface area contributed by atoms with Gasteiger partial charge in [-0.15, -0.1) is 12.4 Å². The molecule has 1 aliphatic rings. The molecule has 0 aromatic heterocycles. The van der Waals surface area contributed by atoms with E-state index in [0.717, 1.165) is 36.3 Å². The summed E-state index contributed by atoms with van der Waals surface area (Å²) in [4.78, 5) is 2.47. The summed E-state index contributed by atoms with van der Waals surface area (Å²) < 4.78 is 6.42. The number of likely N-dealkylation sites (tertiary alicyclic amines) is 1. The van der Waals surface area contributed by atoms with Crippen molar-refractivity contribution in [2.24, 2.45) is 11.7 Å². The van der Waals surface area contributed by atoms with Crippen LogP contribution in [0.4, 0.5) is 0 Å². The molecule has 19 heavy (non-hydrogen) atoms. The summed E-state index contributed by atoms with van der Waals surface area (Å²) >= 11 is 3.61. The highest BCUT2D eigenvalue weighted by Gasteiger charge is 2.23. The Kier molecular flexibility index (Phi) is 6.60. The van der Waals surface area contributed by atoms with E-state index in [9.17, 15) is 0 Å². The zero-order valence-electron chi connectivity index (χ0n) is 11.4. The zero-order chi connectivity index (χ0) is 13.1. The second-order valence-corrected chi connectivity index (χ2v) is 5.98. The molecule has 2 atom stereocenters. The van der Waals surface area contributed by atoms with E-state index in [1.165, 1.54) is 5.56 Å². The molecule has 0 spiro atoms. The van der Waals surface area contributed by atoms with E-state index in [0.29, 0.717) is 12.0 Å². The summed E-state index contributed by atoms with van der Waals surface area (Å²) in [5.74, 6) is 1.48. The zero-order valence-corrected chi connectivity index (χ0v) is 13.8. The largest absolute Gasteiger partial charge is 0.497 e. The van der Waals surface area contributed by atoms with Crippen molar-refractivity contribution in [3.8, 4) is 5.75 Å². The number of hydrogen-bond acceptors (Lipinski definition) is 3. The molecule has 2 rings (SSSR count). The number of methoxy groups -OCH3 is 1. The van der Waals surface area contributed by atoms with Gasteiger partial charge in [-0.1, -0.05) is 22.9 Å². The Morgan fingerprint density at radius 3 is 2.84 bits per heavy atom. The molecule has 2 N–H and O–H groups in total. The summed E-state index contributed by atoms with van der Waals surface area (Å²) in [5, 5.41) is 0. The van der Waals surface area contributed by atoms with Crippen LogP contribution in [0.15, 0.2) is 22.7 Å². The van der Waals surface area contributed by atoms with Gasteiger partial charge in [0.2, 0.25) is 0 Å². The van der Waals surface area contributed by atoms with Gasteiger partial charge in [0.1, 0.15) is 5.75 Å². The first-order valence-corrected chi connectivity index (χ1v) is 7.20. The number of nitrogens with two attached hydrogens (primary N) is 1. The first-order valence-electron chi connectivity index (χ1n) is 6.40. The van der Waals surface area contributed by atoms with Crippen molar-refractivity contribution < 1.29 is 4.74 Å². The third-order valence-corrected chi connectivity index (χ3v) is 4.48. The minimum Gasteiger partial charge on any atom is -0.497 e. The number of hydrogen-bond donors (Lipinski definition) is 1. The van der Waals surface area contributed by atoms with Gasteiger partial charge >= 0.3 is 0 Å². The molecule has 1 aliphatic heterocycles. The number of halogens is 2. The van der Waals surface area contributed by atoms with E-state index in [4.69, 9.17) is 10.5 Å². The van der Waals surface area contributed by atoms with E-state index in [2.05, 4.69) is 33.8 Å². The third kappa shape index (κ3) is 4.35. The third-order valence-electron chi connectivity index (χ3n) is 3.70. The number of ether oxygens (including phenoxy) is 1. The van der Waals surface area contributed by atoms with Gasteiger partial charge in [-0.05, 0) is 42.6 Å². The average Bonchev–Trinajstić information content (AvgIpc) is 2.36. The predicted molar refractivity (Wildman–Crippen MR) is 85.0 cm³/mol. The molecule has 0 radical (unpaired) electrons. The summed E-state index contributed by atoms with van der Waals surface area (Å²) in [5.41, 5.74) is 7.33. The number of benzene rings is 1. The van der Waals surface area contributed by atoms with Gasteiger partial charge in [-0.2, -0.15) is 0 Å². The summed E-state index contributed by atoms with van der Waals surface area (Å²) in [6, 6.07) is 6.48. The van der Waals surface area contributed by atoms with Gasteiger partial charge in [-0.25, -0.2) is 0 Å². The van der Waals surface area contributed by atoms with Crippen molar-refractivity contribution >= 4 is 28.3 Å². The average molecular weight is 350 g/mol. The fourth-order valence-electron chi connectivity index (χ4n) is 2.43. The fourth-order valence-corrected chi connectivity index (χ4v) is 2.81. The highest BCUT2D eigenvalue weighted by Crippen LogP contribution is 2.25. The van der Waals surface area contributed by atoms with Gasteiger partial charge in [0.15, 0.2) is 0 Å². The number of rotatable bonds is 3. The maximum atomic E-state index is 6.05. The van der Waals surface area contributed by atoms with Crippen LogP contribution in [-0.2, 0) is 6.54 Å². The van der Waals surface area contributed by atoms with Crippen LogP contribution < -0.4 is 10.5 Å². The summed E-state index contributed by atoms with van der Waals surface area (Å²) in [7, 11) is 1.70. The second kappa shape index (κ2) is 7.48. The highest BCUT2D eigenvalue weighted by molar-refractivity contribution is 9.10. The Morgan fingerprint density at radius 2 is 2.21 bits per heavy atom. The van der Waals surface area contributed by atoms with Crippen LogP contribution in [0.1, 0.15) is 18.9 Å². The maximum absolute atomic E-state index is 6.05. The summed E-state index contributed by atoms with van der Waals surface area (Å²) in [6.45, 7) is 5.34. The van der Waals surface area contributed by atoms with Crippen LogP contribution in [0, 0.1) is 5.92 Å². The lowest BCUT2D eigenvalue weighted by molar-refractivity contribution is 0.157. The van der Waals surface area contributed by atoms with Gasteiger partial charge < -0.3 is 10.5 Å². The molecule has 1 aromatic rings. The molecule has 2 unspecified atom stereocenters. The molecule has 5 heteroatoms. The van der Waals surface area contributed by atoms with E-state index in [-0.39, 0.29) is 12.4 Å². The van der Waals surface area contributed by atoms with Crippen LogP contribution in [0.2, 0.25) is 0 Å². The van der Waals surface area contributed by atoms with Crippen molar-refractivity contribution in [3.05, 3.63) is 28.2 Å². The first kappa shape index (κ1) is 16.8. The Balaban J connectivity index is 0.00000180. The summed E-state index contributed by atoms with van der Waals surface area (Å²) in [6.07, 6.45) is 1.09. The van der Waals surface area contributed by atoms with Crippen LogP contribution in [0.25, 0.3) is 0 Å². The van der Waals surface area contributed by atoms with E-state index >= 15 is 0 Å². The van der Waals surface area contributed by atoms with Gasteiger partial charge in [-0.3, -0.25) is 4.90 Å². The van der Waals surface area contributed by atoms with Crippen molar-refractivity contribution in [1.29, 1.82) is 0 Å². The topological polar surface area (TPSA) is 38.5 Å². The fraction of sp³-hybridized carbons (Fsp3) is 0.571. The van der Waals surface area contributed by atoms with Gasteiger partial charge in [0.05, 0.1) is 7.11 Å². The van der Waals surface area contributed by atoms with Gasteiger partial charge in [0, 0.05) is 23.6 Å². The van der Waals surface area contributed by atoms with Crippen molar-refractivity contribution in [1.82, 2.24) is 4.90 Å². The Bertz CT molecular complexity index is 416. The van der Waals surface area contributed by atoms with Gasteiger partial charge in [0.25, 0.3) is 0 Å². The smallest absolute Gasteiger partial charge is 0.119 e. The normalized spacial score (nSPS) is 23.8. The Hall–Kier alpha value is -0.290. The molecule has 108 valence electrons. The molecule has 1 saturated heterocycles. The number of piperidine rings is 1. The highest BCUT2D eigenvalue weighted by atomic mass is 79.9. The molecule has 1 aromatic carbocycles. The molecule has 1 heterocycles. The quantitative estimate of drug-likeness (QED) is 0.911. The van der Waals surface area contributed by atoms with Crippen LogP contribution in [0.3, 0.4) is 0 Å². The minimum atomic E-state index is 0. The lowest BCUT2D eigenvalue weighted by Crippen LogP contribution is -2.45. The van der Waals surface area contributed by atoms with E-state index < -0.39 is 0 Å². The van der Waals surface area contributed by atoms with Crippen molar-refractivity contribution in [2.45, 2.75) is 25.9 Å². The molecular weight excluding hydrogens is 328 g/mol. The van der Waals surface area contributed by atoms with Crippen molar-refractivity contribution in [2.75, 3.05) is 20.2 Å². The van der Waals surface area contributed by atoms with E-state index in [1.807, 2.05) is 12.1 Å². The van der Waals surface area contributed by atoms with Crippen LogP contribution in [0.5, 0.6) is 5.75 Å². The lowest BCUT2D eigenvalue weighted by Gasteiger charge is -2.35. The van der Waals surface area contributed by atoms with Crippen LogP contribution in [-0.4, -0.2) is 31.1 Å². The molecule has 3 nitrogen and oxygen atoms in total. The number of nitrogens with zero attached hydrogens (tertiary/aromatic N) is 1. The molecule has 0 saturated carbocycles. The SMILES string of the molecule is COc1ccc(Br)c(CN2CCC(N)C(C)C2)c1.Cl. The lowest BCUT2D eigenvalue weighted by atomic mass is 9.94. The second-order valence-electron chi connectivity index (χ2n) is 5.12. The first-order chi connectivity index (χ1) is 8.60.